The van der Waals surface area contributed by atoms with Crippen molar-refractivity contribution in [3.63, 3.8) is 0 Å². The van der Waals surface area contributed by atoms with Crippen LogP contribution in [0.4, 0.5) is 0 Å². The Kier molecular flexibility index (Phi) is 4.83. The van der Waals surface area contributed by atoms with E-state index >= 15 is 0 Å². The first-order valence-corrected chi connectivity index (χ1v) is 8.70. The molecular formula is C15H24N2O2S. The lowest BCUT2D eigenvalue weighted by Gasteiger charge is -2.27. The summed E-state index contributed by atoms with van der Waals surface area (Å²) < 4.78 is 27.5. The van der Waals surface area contributed by atoms with Crippen molar-refractivity contribution in [1.82, 2.24) is 9.62 Å². The molecule has 0 aliphatic carbocycles. The molecule has 1 aromatic rings. The van der Waals surface area contributed by atoms with Crippen LogP contribution >= 0.6 is 0 Å². The van der Waals surface area contributed by atoms with E-state index in [9.17, 15) is 8.42 Å². The third kappa shape index (κ3) is 3.22. The van der Waals surface area contributed by atoms with Gasteiger partial charge >= 0.3 is 0 Å². The van der Waals surface area contributed by atoms with Crippen LogP contribution in [0.25, 0.3) is 0 Å². The van der Waals surface area contributed by atoms with E-state index in [1.165, 1.54) is 0 Å². The van der Waals surface area contributed by atoms with E-state index in [1.807, 2.05) is 26.8 Å². The third-order valence-corrected chi connectivity index (χ3v) is 5.62. The van der Waals surface area contributed by atoms with Crippen LogP contribution in [-0.2, 0) is 10.0 Å². The van der Waals surface area contributed by atoms with Crippen molar-refractivity contribution in [3.05, 3.63) is 29.3 Å². The topological polar surface area (TPSA) is 49.4 Å². The summed E-state index contributed by atoms with van der Waals surface area (Å²) in [6, 6.07) is 5.63. The molecule has 112 valence electrons. The molecule has 20 heavy (non-hydrogen) atoms. The number of hydrogen-bond donors (Lipinski definition) is 1. The number of hydrogen-bond acceptors (Lipinski definition) is 3. The molecule has 1 saturated heterocycles. The number of nitrogens with zero attached hydrogens (tertiary/aromatic N) is 1. The number of sulfonamides is 1. The molecule has 1 fully saturated rings. The molecule has 1 N–H and O–H groups in total. The fourth-order valence-electron chi connectivity index (χ4n) is 2.82. The molecule has 0 aromatic heterocycles. The van der Waals surface area contributed by atoms with Crippen molar-refractivity contribution < 1.29 is 8.42 Å². The van der Waals surface area contributed by atoms with Gasteiger partial charge in [0.15, 0.2) is 0 Å². The first kappa shape index (κ1) is 15.5. The van der Waals surface area contributed by atoms with Gasteiger partial charge in [0.1, 0.15) is 0 Å². The molecule has 4 nitrogen and oxygen atoms in total. The molecule has 1 aliphatic heterocycles. The summed E-state index contributed by atoms with van der Waals surface area (Å²) in [7, 11) is -3.40. The highest BCUT2D eigenvalue weighted by atomic mass is 32.2. The number of rotatable bonds is 5. The molecule has 2 rings (SSSR count). The Morgan fingerprint density at radius 2 is 1.90 bits per heavy atom. The highest BCUT2D eigenvalue weighted by Crippen LogP contribution is 2.23. The van der Waals surface area contributed by atoms with Gasteiger partial charge in [-0.1, -0.05) is 13.0 Å². The smallest absolute Gasteiger partial charge is 0.243 e. The molecule has 1 heterocycles. The van der Waals surface area contributed by atoms with E-state index in [4.69, 9.17) is 0 Å². The van der Waals surface area contributed by atoms with Gasteiger partial charge in [-0.3, -0.25) is 0 Å². The van der Waals surface area contributed by atoms with Gasteiger partial charge < -0.3 is 5.32 Å². The second kappa shape index (κ2) is 6.24. The summed E-state index contributed by atoms with van der Waals surface area (Å²) in [5.41, 5.74) is 1.98. The van der Waals surface area contributed by atoms with Crippen molar-refractivity contribution in [2.45, 2.75) is 44.6 Å². The minimum atomic E-state index is -3.40. The van der Waals surface area contributed by atoms with E-state index < -0.39 is 10.0 Å². The summed E-state index contributed by atoms with van der Waals surface area (Å²) in [5.74, 6) is 0. The second-order valence-corrected chi connectivity index (χ2v) is 7.48. The van der Waals surface area contributed by atoms with E-state index in [1.54, 1.807) is 16.4 Å². The van der Waals surface area contributed by atoms with Crippen LogP contribution < -0.4 is 5.32 Å². The highest BCUT2D eigenvalue weighted by Gasteiger charge is 2.32. The Hall–Kier alpha value is -0.910. The van der Waals surface area contributed by atoms with E-state index in [0.717, 1.165) is 37.1 Å². The molecule has 1 aliphatic rings. The van der Waals surface area contributed by atoms with E-state index in [-0.39, 0.29) is 6.04 Å². The van der Waals surface area contributed by atoms with Crippen LogP contribution in [0, 0.1) is 13.8 Å². The zero-order chi connectivity index (χ0) is 14.8. The standard InChI is InChI=1S/C15H24N2O2S/c1-4-7-17(14-5-6-16-11-14)20(18,19)15-9-12(2)8-13(3)10-15/h8-10,14,16H,4-7,11H2,1-3H3. The Labute approximate surface area is 122 Å². The fourth-order valence-corrected chi connectivity index (χ4v) is 4.76. The van der Waals surface area contributed by atoms with Crippen LogP contribution in [0.15, 0.2) is 23.1 Å². The van der Waals surface area contributed by atoms with Crippen molar-refractivity contribution in [2.75, 3.05) is 19.6 Å². The van der Waals surface area contributed by atoms with Gasteiger partial charge in [-0.15, -0.1) is 0 Å². The lowest BCUT2D eigenvalue weighted by molar-refractivity contribution is 0.335. The molecule has 1 atom stereocenters. The van der Waals surface area contributed by atoms with Crippen molar-refractivity contribution in [3.8, 4) is 0 Å². The molecule has 5 heteroatoms. The summed E-state index contributed by atoms with van der Waals surface area (Å²) in [6.07, 6.45) is 1.73. The predicted molar refractivity (Wildman–Crippen MR) is 81.4 cm³/mol. The van der Waals surface area contributed by atoms with E-state index in [0.29, 0.717) is 11.4 Å². The molecule has 0 saturated carbocycles. The van der Waals surface area contributed by atoms with Crippen LogP contribution in [0.2, 0.25) is 0 Å². The molecule has 0 spiro atoms. The monoisotopic (exact) mass is 296 g/mol. The number of nitrogens with one attached hydrogen (secondary N) is 1. The second-order valence-electron chi connectivity index (χ2n) is 5.59. The SMILES string of the molecule is CCCN(C1CCNC1)S(=O)(=O)c1cc(C)cc(C)c1. The Balaban J connectivity index is 2.38. The normalized spacial score (nSPS) is 19.7. The average molecular weight is 296 g/mol. The van der Waals surface area contributed by atoms with Crippen molar-refractivity contribution in [1.29, 1.82) is 0 Å². The van der Waals surface area contributed by atoms with Crippen LogP contribution in [0.1, 0.15) is 30.9 Å². The fraction of sp³-hybridized carbons (Fsp3) is 0.600. The Morgan fingerprint density at radius 3 is 2.40 bits per heavy atom. The summed E-state index contributed by atoms with van der Waals surface area (Å²) in [4.78, 5) is 0.426. The number of benzene rings is 1. The molecule has 0 amide bonds. The number of aryl methyl sites for hydroxylation is 2. The van der Waals surface area contributed by atoms with E-state index in [2.05, 4.69) is 5.32 Å². The lowest BCUT2D eigenvalue weighted by Crippen LogP contribution is -2.42. The van der Waals surface area contributed by atoms with Crippen LogP contribution in [-0.4, -0.2) is 38.4 Å². The van der Waals surface area contributed by atoms with Gasteiger partial charge in [-0.25, -0.2) is 8.42 Å². The maximum absolute atomic E-state index is 12.9. The first-order chi connectivity index (χ1) is 9.45. The zero-order valence-electron chi connectivity index (χ0n) is 12.5. The average Bonchev–Trinajstić information content (AvgIpc) is 2.88. The largest absolute Gasteiger partial charge is 0.315 e. The summed E-state index contributed by atoms with van der Waals surface area (Å²) >= 11 is 0. The van der Waals surface area contributed by atoms with Gasteiger partial charge in [0.05, 0.1) is 4.90 Å². The quantitative estimate of drug-likeness (QED) is 0.905. The minimum Gasteiger partial charge on any atom is -0.315 e. The van der Waals surface area contributed by atoms with Crippen LogP contribution in [0.5, 0.6) is 0 Å². The zero-order valence-corrected chi connectivity index (χ0v) is 13.3. The highest BCUT2D eigenvalue weighted by molar-refractivity contribution is 7.89. The van der Waals surface area contributed by atoms with Gasteiger partial charge in [0.2, 0.25) is 10.0 Å². The molecule has 0 radical (unpaired) electrons. The van der Waals surface area contributed by atoms with Gasteiger partial charge in [-0.05, 0) is 56.5 Å². The van der Waals surface area contributed by atoms with Gasteiger partial charge in [0.25, 0.3) is 0 Å². The van der Waals surface area contributed by atoms with Crippen molar-refractivity contribution >= 4 is 10.0 Å². The maximum atomic E-state index is 12.9. The lowest BCUT2D eigenvalue weighted by atomic mass is 10.2. The minimum absolute atomic E-state index is 0.0840. The molecular weight excluding hydrogens is 272 g/mol. The summed E-state index contributed by atoms with van der Waals surface area (Å²) in [5, 5.41) is 3.25. The van der Waals surface area contributed by atoms with Gasteiger partial charge in [0, 0.05) is 19.1 Å². The van der Waals surface area contributed by atoms with Gasteiger partial charge in [-0.2, -0.15) is 4.31 Å². The summed E-state index contributed by atoms with van der Waals surface area (Å²) in [6.45, 7) is 8.13. The third-order valence-electron chi connectivity index (χ3n) is 3.69. The predicted octanol–water partition coefficient (Wildman–Crippen LogP) is 2.07. The molecule has 1 aromatic carbocycles. The molecule has 0 bridgehead atoms. The Bertz CT molecular complexity index is 543. The Morgan fingerprint density at radius 1 is 1.25 bits per heavy atom. The first-order valence-electron chi connectivity index (χ1n) is 7.26. The van der Waals surface area contributed by atoms with Crippen LogP contribution in [0.3, 0.4) is 0 Å². The van der Waals surface area contributed by atoms with Crippen molar-refractivity contribution in [2.24, 2.45) is 0 Å². The molecule has 1 unspecified atom stereocenters. The maximum Gasteiger partial charge on any atom is 0.243 e.